The van der Waals surface area contributed by atoms with Gasteiger partial charge in [0.15, 0.2) is 0 Å². The van der Waals surface area contributed by atoms with E-state index in [0.29, 0.717) is 12.5 Å². The van der Waals surface area contributed by atoms with Gasteiger partial charge >= 0.3 is 0 Å². The predicted molar refractivity (Wildman–Crippen MR) is 79.2 cm³/mol. The van der Waals surface area contributed by atoms with Crippen LogP contribution in [0, 0.1) is 5.92 Å². The molecule has 0 aromatic heterocycles. The van der Waals surface area contributed by atoms with Crippen LogP contribution in [-0.4, -0.2) is 32.2 Å². The van der Waals surface area contributed by atoms with E-state index >= 15 is 0 Å². The van der Waals surface area contributed by atoms with Crippen molar-refractivity contribution in [2.45, 2.75) is 12.8 Å². The first-order valence-electron chi connectivity index (χ1n) is 6.58. The Balaban J connectivity index is 1.65. The van der Waals surface area contributed by atoms with Crippen molar-refractivity contribution in [2.24, 2.45) is 5.92 Å². The molecular weight excluding hydrogens is 308 g/mol. The van der Waals surface area contributed by atoms with Crippen LogP contribution in [0.5, 0.6) is 0 Å². The molecular formula is C14H19BrN2O2. The number of ether oxygens (including phenoxy) is 1. The summed E-state index contributed by atoms with van der Waals surface area (Å²) in [5, 5.41) is 6.04. The second kappa shape index (κ2) is 7.62. The van der Waals surface area contributed by atoms with Crippen LogP contribution in [0.1, 0.15) is 12.8 Å². The number of hydrogen-bond acceptors (Lipinski definition) is 3. The second-order valence-corrected chi connectivity index (χ2v) is 5.68. The van der Waals surface area contributed by atoms with Gasteiger partial charge in [-0.15, -0.1) is 0 Å². The third-order valence-electron chi connectivity index (χ3n) is 3.10. The van der Waals surface area contributed by atoms with E-state index in [-0.39, 0.29) is 5.91 Å². The summed E-state index contributed by atoms with van der Waals surface area (Å²) in [6.07, 6.45) is 2.30. The molecule has 0 aliphatic carbocycles. The van der Waals surface area contributed by atoms with Gasteiger partial charge in [0.1, 0.15) is 0 Å². The summed E-state index contributed by atoms with van der Waals surface area (Å²) in [5.41, 5.74) is 0.816. The normalized spacial score (nSPS) is 19.1. The number of carbonyl (C=O) groups excluding carboxylic acids is 1. The monoisotopic (exact) mass is 326 g/mol. The molecule has 1 aromatic carbocycles. The largest absolute Gasteiger partial charge is 0.381 e. The molecule has 104 valence electrons. The van der Waals surface area contributed by atoms with Crippen LogP contribution < -0.4 is 10.6 Å². The van der Waals surface area contributed by atoms with Crippen molar-refractivity contribution in [1.29, 1.82) is 0 Å². The molecule has 1 saturated heterocycles. The Morgan fingerprint density at radius 1 is 1.37 bits per heavy atom. The van der Waals surface area contributed by atoms with Crippen LogP contribution in [-0.2, 0) is 9.53 Å². The topological polar surface area (TPSA) is 50.4 Å². The first-order valence-corrected chi connectivity index (χ1v) is 7.37. The van der Waals surface area contributed by atoms with Crippen molar-refractivity contribution in [3.05, 3.63) is 28.7 Å². The first-order chi connectivity index (χ1) is 9.24. The number of benzene rings is 1. The van der Waals surface area contributed by atoms with Gasteiger partial charge in [-0.25, -0.2) is 0 Å². The van der Waals surface area contributed by atoms with Crippen molar-refractivity contribution in [2.75, 3.05) is 31.6 Å². The van der Waals surface area contributed by atoms with Crippen LogP contribution >= 0.6 is 15.9 Å². The maximum absolute atomic E-state index is 11.7. The van der Waals surface area contributed by atoms with Gasteiger partial charge in [-0.3, -0.25) is 4.79 Å². The minimum Gasteiger partial charge on any atom is -0.381 e. The van der Waals surface area contributed by atoms with Gasteiger partial charge in [0.25, 0.3) is 0 Å². The number of halogens is 1. The van der Waals surface area contributed by atoms with E-state index in [1.165, 1.54) is 6.42 Å². The Bertz CT molecular complexity index is 402. The van der Waals surface area contributed by atoms with Gasteiger partial charge in [-0.1, -0.05) is 15.9 Å². The fraction of sp³-hybridized carbons (Fsp3) is 0.500. The molecule has 0 radical (unpaired) electrons. The molecule has 1 unspecified atom stereocenters. The van der Waals surface area contributed by atoms with Gasteiger partial charge in [-0.2, -0.15) is 0 Å². The SMILES string of the molecule is O=C(CNCC1CCCOC1)Nc1ccc(Br)cc1. The number of nitrogens with one attached hydrogen (secondary N) is 2. The summed E-state index contributed by atoms with van der Waals surface area (Å²) in [4.78, 5) is 11.7. The molecule has 5 heteroatoms. The van der Waals surface area contributed by atoms with E-state index in [2.05, 4.69) is 26.6 Å². The highest BCUT2D eigenvalue weighted by molar-refractivity contribution is 9.10. The maximum atomic E-state index is 11.7. The highest BCUT2D eigenvalue weighted by atomic mass is 79.9. The third kappa shape index (κ3) is 5.30. The summed E-state index contributed by atoms with van der Waals surface area (Å²) in [5.74, 6) is 0.522. The summed E-state index contributed by atoms with van der Waals surface area (Å²) >= 11 is 3.36. The first kappa shape index (κ1) is 14.5. The van der Waals surface area contributed by atoms with Crippen LogP contribution in [0.3, 0.4) is 0 Å². The van der Waals surface area contributed by atoms with E-state index in [0.717, 1.165) is 36.3 Å². The van der Waals surface area contributed by atoms with Crippen molar-refractivity contribution < 1.29 is 9.53 Å². The standard InChI is InChI=1S/C14H19BrN2O2/c15-12-3-5-13(6-4-12)17-14(18)9-16-8-11-2-1-7-19-10-11/h3-6,11,16H,1-2,7-10H2,(H,17,18). The van der Waals surface area contributed by atoms with E-state index in [1.807, 2.05) is 24.3 Å². The van der Waals surface area contributed by atoms with Crippen molar-refractivity contribution in [3.8, 4) is 0 Å². The lowest BCUT2D eigenvalue weighted by molar-refractivity contribution is -0.115. The van der Waals surface area contributed by atoms with Crippen molar-refractivity contribution in [1.82, 2.24) is 5.32 Å². The Labute approximate surface area is 122 Å². The smallest absolute Gasteiger partial charge is 0.238 e. The molecule has 0 spiro atoms. The van der Waals surface area contributed by atoms with E-state index in [1.54, 1.807) is 0 Å². The highest BCUT2D eigenvalue weighted by Crippen LogP contribution is 2.14. The van der Waals surface area contributed by atoms with Gasteiger partial charge in [-0.05, 0) is 43.0 Å². The molecule has 1 aromatic rings. The summed E-state index contributed by atoms with van der Waals surface area (Å²) in [6.45, 7) is 2.86. The lowest BCUT2D eigenvalue weighted by Gasteiger charge is -2.22. The molecule has 2 rings (SSSR count). The summed E-state index contributed by atoms with van der Waals surface area (Å²) < 4.78 is 6.40. The van der Waals surface area contributed by atoms with Gasteiger partial charge < -0.3 is 15.4 Å². The maximum Gasteiger partial charge on any atom is 0.238 e. The molecule has 1 aliphatic rings. The molecule has 19 heavy (non-hydrogen) atoms. The van der Waals surface area contributed by atoms with Crippen molar-refractivity contribution >= 4 is 27.5 Å². The third-order valence-corrected chi connectivity index (χ3v) is 3.63. The van der Waals surface area contributed by atoms with Crippen molar-refractivity contribution in [3.63, 3.8) is 0 Å². The van der Waals surface area contributed by atoms with Crippen LogP contribution in [0.4, 0.5) is 5.69 Å². The Hall–Kier alpha value is -0.910. The molecule has 0 saturated carbocycles. The average molecular weight is 327 g/mol. The fourth-order valence-corrected chi connectivity index (χ4v) is 2.36. The summed E-state index contributed by atoms with van der Waals surface area (Å²) in [7, 11) is 0. The highest BCUT2D eigenvalue weighted by Gasteiger charge is 2.13. The number of carbonyl (C=O) groups is 1. The number of hydrogen-bond donors (Lipinski definition) is 2. The van der Waals surface area contributed by atoms with E-state index in [9.17, 15) is 4.79 Å². The summed E-state index contributed by atoms with van der Waals surface area (Å²) in [6, 6.07) is 7.55. The molecule has 0 bridgehead atoms. The average Bonchev–Trinajstić information content (AvgIpc) is 2.43. The van der Waals surface area contributed by atoms with Crippen LogP contribution in [0.25, 0.3) is 0 Å². The lowest BCUT2D eigenvalue weighted by Crippen LogP contribution is -2.34. The molecule has 1 heterocycles. The van der Waals surface area contributed by atoms with Crippen LogP contribution in [0.15, 0.2) is 28.7 Å². The minimum absolute atomic E-state index is 0.0148. The van der Waals surface area contributed by atoms with E-state index in [4.69, 9.17) is 4.74 Å². The Morgan fingerprint density at radius 2 is 2.16 bits per heavy atom. The van der Waals surface area contributed by atoms with Gasteiger partial charge in [0, 0.05) is 23.3 Å². The molecule has 2 N–H and O–H groups in total. The van der Waals surface area contributed by atoms with Gasteiger partial charge in [0.05, 0.1) is 13.2 Å². The molecule has 1 amide bonds. The fourth-order valence-electron chi connectivity index (χ4n) is 2.10. The quantitative estimate of drug-likeness (QED) is 0.873. The number of anilines is 1. The zero-order valence-electron chi connectivity index (χ0n) is 10.8. The van der Waals surface area contributed by atoms with Crippen LogP contribution in [0.2, 0.25) is 0 Å². The molecule has 4 nitrogen and oxygen atoms in total. The minimum atomic E-state index is -0.0148. The molecule has 1 atom stereocenters. The van der Waals surface area contributed by atoms with E-state index < -0.39 is 0 Å². The molecule has 1 fully saturated rings. The predicted octanol–water partition coefficient (Wildman–Crippen LogP) is 2.40. The second-order valence-electron chi connectivity index (χ2n) is 4.77. The Morgan fingerprint density at radius 3 is 2.84 bits per heavy atom. The Kier molecular flexibility index (Phi) is 5.82. The zero-order chi connectivity index (χ0) is 13.5. The number of rotatable bonds is 5. The zero-order valence-corrected chi connectivity index (χ0v) is 12.4. The molecule has 1 aliphatic heterocycles. The lowest BCUT2D eigenvalue weighted by atomic mass is 10.0. The number of amides is 1. The van der Waals surface area contributed by atoms with Gasteiger partial charge in [0.2, 0.25) is 5.91 Å².